The molecule has 0 N–H and O–H groups in total. The number of carbonyl (C=O) groups excluding carboxylic acids is 1. The minimum atomic E-state index is -0.182. The molecule has 1 aromatic rings. The molecule has 18 heavy (non-hydrogen) atoms. The van der Waals surface area contributed by atoms with Crippen LogP contribution in [0.4, 0.5) is 4.39 Å². The summed E-state index contributed by atoms with van der Waals surface area (Å²) in [5.74, 6) is 0.569. The fourth-order valence-electron chi connectivity index (χ4n) is 4.43. The zero-order valence-electron chi connectivity index (χ0n) is 10.2. The van der Waals surface area contributed by atoms with E-state index >= 15 is 0 Å². The van der Waals surface area contributed by atoms with Crippen molar-refractivity contribution in [1.29, 1.82) is 0 Å². The highest BCUT2D eigenvalue weighted by molar-refractivity contribution is 5.85. The van der Waals surface area contributed by atoms with Gasteiger partial charge in [-0.1, -0.05) is 18.6 Å². The number of nitrogens with zero attached hydrogens (tertiary/aromatic N) is 1. The molecule has 1 amide bonds. The van der Waals surface area contributed by atoms with Crippen LogP contribution in [0.1, 0.15) is 43.6 Å². The number of halogens is 1. The lowest BCUT2D eigenvalue weighted by atomic mass is 9.84. The lowest BCUT2D eigenvalue weighted by Gasteiger charge is -2.22. The Labute approximate surface area is 106 Å². The van der Waals surface area contributed by atoms with Crippen LogP contribution in [0.5, 0.6) is 0 Å². The van der Waals surface area contributed by atoms with Crippen LogP contribution in [0.15, 0.2) is 24.3 Å². The summed E-state index contributed by atoms with van der Waals surface area (Å²) in [6.45, 7) is 0. The Morgan fingerprint density at radius 3 is 2.67 bits per heavy atom. The standard InChI is InChI=1S/C15H16FNO/c16-11-5-3-10(4-6-11)12-2-1-9-15(12)13-7-8-14(18)17(13)15/h3-6,12-13H,1-2,7-9H2. The van der Waals surface area contributed by atoms with Crippen molar-refractivity contribution in [1.82, 2.24) is 4.90 Å². The number of carbonyl (C=O) groups is 1. The van der Waals surface area contributed by atoms with E-state index in [0.717, 1.165) is 25.7 Å². The van der Waals surface area contributed by atoms with E-state index in [-0.39, 0.29) is 11.4 Å². The zero-order chi connectivity index (χ0) is 12.3. The molecule has 3 aliphatic rings. The first-order valence-corrected chi connectivity index (χ1v) is 6.81. The Morgan fingerprint density at radius 1 is 1.22 bits per heavy atom. The minimum absolute atomic E-state index is 0.104. The molecule has 1 spiro atoms. The smallest absolute Gasteiger partial charge is 0.223 e. The molecule has 1 aromatic carbocycles. The lowest BCUT2D eigenvalue weighted by molar-refractivity contribution is -0.125. The minimum Gasteiger partial charge on any atom is -0.329 e. The van der Waals surface area contributed by atoms with E-state index in [1.165, 1.54) is 24.1 Å². The first-order chi connectivity index (χ1) is 8.73. The van der Waals surface area contributed by atoms with Gasteiger partial charge in [-0.3, -0.25) is 4.79 Å². The fraction of sp³-hybridized carbons (Fsp3) is 0.533. The molecule has 4 rings (SSSR count). The molecular formula is C15H16FNO. The van der Waals surface area contributed by atoms with E-state index in [0.29, 0.717) is 17.9 Å². The van der Waals surface area contributed by atoms with E-state index in [4.69, 9.17) is 0 Å². The number of hydrogen-bond donors (Lipinski definition) is 0. The van der Waals surface area contributed by atoms with Crippen molar-refractivity contribution in [3.63, 3.8) is 0 Å². The average molecular weight is 245 g/mol. The SMILES string of the molecule is O=C1CCC2N1C21CCCC1c1ccc(F)cc1. The van der Waals surface area contributed by atoms with Crippen LogP contribution in [-0.4, -0.2) is 22.4 Å². The maximum atomic E-state index is 13.0. The van der Waals surface area contributed by atoms with Gasteiger partial charge in [0.1, 0.15) is 5.82 Å². The van der Waals surface area contributed by atoms with Crippen molar-refractivity contribution < 1.29 is 9.18 Å². The lowest BCUT2D eigenvalue weighted by Crippen LogP contribution is -2.28. The molecule has 3 heteroatoms. The van der Waals surface area contributed by atoms with Crippen LogP contribution in [0, 0.1) is 5.82 Å². The second-order valence-electron chi connectivity index (χ2n) is 5.81. The molecular weight excluding hydrogens is 229 g/mol. The Bertz CT molecular complexity index is 512. The topological polar surface area (TPSA) is 20.1 Å². The quantitative estimate of drug-likeness (QED) is 0.697. The third-order valence-electron chi connectivity index (χ3n) is 5.12. The number of hydrogen-bond acceptors (Lipinski definition) is 1. The van der Waals surface area contributed by atoms with Crippen molar-refractivity contribution >= 4 is 5.91 Å². The Hall–Kier alpha value is -1.38. The van der Waals surface area contributed by atoms with Gasteiger partial charge in [-0.25, -0.2) is 4.39 Å². The van der Waals surface area contributed by atoms with Crippen molar-refractivity contribution in [2.24, 2.45) is 0 Å². The number of rotatable bonds is 1. The van der Waals surface area contributed by atoms with Crippen molar-refractivity contribution in [3.8, 4) is 0 Å². The van der Waals surface area contributed by atoms with Crippen molar-refractivity contribution in [2.45, 2.75) is 49.6 Å². The highest BCUT2D eigenvalue weighted by Gasteiger charge is 2.71. The van der Waals surface area contributed by atoms with Crippen LogP contribution in [-0.2, 0) is 4.79 Å². The van der Waals surface area contributed by atoms with E-state index in [1.807, 2.05) is 12.1 Å². The maximum Gasteiger partial charge on any atom is 0.223 e. The highest BCUT2D eigenvalue weighted by atomic mass is 19.1. The number of piperidine rings is 1. The van der Waals surface area contributed by atoms with Crippen molar-refractivity contribution in [2.75, 3.05) is 0 Å². The van der Waals surface area contributed by atoms with Crippen molar-refractivity contribution in [3.05, 3.63) is 35.6 Å². The summed E-state index contributed by atoms with van der Waals surface area (Å²) in [4.78, 5) is 14.0. The van der Waals surface area contributed by atoms with Crippen LogP contribution >= 0.6 is 0 Å². The maximum absolute atomic E-state index is 13.0. The molecule has 3 atom stereocenters. The van der Waals surface area contributed by atoms with Crippen LogP contribution in [0.3, 0.4) is 0 Å². The summed E-state index contributed by atoms with van der Waals surface area (Å²) < 4.78 is 13.0. The third kappa shape index (κ3) is 1.15. The van der Waals surface area contributed by atoms with Gasteiger partial charge in [0.05, 0.1) is 11.6 Å². The molecule has 2 nitrogen and oxygen atoms in total. The first kappa shape index (κ1) is 10.5. The largest absolute Gasteiger partial charge is 0.329 e. The molecule has 0 bridgehead atoms. The summed E-state index contributed by atoms with van der Waals surface area (Å²) in [6.07, 6.45) is 5.19. The first-order valence-electron chi connectivity index (χ1n) is 6.81. The molecule has 2 aliphatic heterocycles. The molecule has 94 valence electrons. The van der Waals surface area contributed by atoms with E-state index in [1.54, 1.807) is 0 Å². The van der Waals surface area contributed by atoms with E-state index < -0.39 is 0 Å². The summed E-state index contributed by atoms with van der Waals surface area (Å²) in [6, 6.07) is 7.34. The summed E-state index contributed by atoms with van der Waals surface area (Å²) in [7, 11) is 0. The molecule has 3 unspecified atom stereocenters. The monoisotopic (exact) mass is 245 g/mol. The highest BCUT2D eigenvalue weighted by Crippen LogP contribution is 2.63. The zero-order valence-corrected chi connectivity index (χ0v) is 10.2. The molecule has 0 radical (unpaired) electrons. The molecule has 0 aromatic heterocycles. The molecule has 1 aliphatic carbocycles. The van der Waals surface area contributed by atoms with Gasteiger partial charge in [-0.15, -0.1) is 0 Å². The third-order valence-corrected chi connectivity index (χ3v) is 5.12. The van der Waals surface area contributed by atoms with Crippen LogP contribution in [0.2, 0.25) is 0 Å². The number of benzene rings is 1. The predicted octanol–water partition coefficient (Wildman–Crippen LogP) is 2.84. The average Bonchev–Trinajstić information content (AvgIpc) is 2.66. The molecule has 1 saturated carbocycles. The van der Waals surface area contributed by atoms with Gasteiger partial charge < -0.3 is 4.90 Å². The normalized spacial score (nSPS) is 37.4. The Balaban J connectivity index is 1.70. The second kappa shape index (κ2) is 3.34. The van der Waals surface area contributed by atoms with E-state index in [2.05, 4.69) is 4.90 Å². The number of fused-ring (bicyclic) bond motifs is 3. The Morgan fingerprint density at radius 2 is 2.00 bits per heavy atom. The van der Waals surface area contributed by atoms with E-state index in [9.17, 15) is 9.18 Å². The van der Waals surface area contributed by atoms with Gasteiger partial charge in [0.15, 0.2) is 0 Å². The second-order valence-corrected chi connectivity index (χ2v) is 5.81. The van der Waals surface area contributed by atoms with Crippen LogP contribution in [0.25, 0.3) is 0 Å². The summed E-state index contributed by atoms with van der Waals surface area (Å²) >= 11 is 0. The van der Waals surface area contributed by atoms with Crippen LogP contribution < -0.4 is 0 Å². The summed E-state index contributed by atoms with van der Waals surface area (Å²) in [5.41, 5.74) is 1.31. The van der Waals surface area contributed by atoms with Gasteiger partial charge >= 0.3 is 0 Å². The van der Waals surface area contributed by atoms with Gasteiger partial charge in [-0.2, -0.15) is 0 Å². The van der Waals surface area contributed by atoms with Gasteiger partial charge in [0, 0.05) is 12.3 Å². The Kier molecular flexibility index (Phi) is 1.95. The number of amides is 1. The molecule has 2 heterocycles. The van der Waals surface area contributed by atoms with Gasteiger partial charge in [0.2, 0.25) is 5.91 Å². The molecule has 2 saturated heterocycles. The fourth-order valence-corrected chi connectivity index (χ4v) is 4.43. The summed E-state index contributed by atoms with van der Waals surface area (Å²) in [5, 5.41) is 0. The van der Waals surface area contributed by atoms with Gasteiger partial charge in [0.25, 0.3) is 0 Å². The van der Waals surface area contributed by atoms with Gasteiger partial charge in [-0.05, 0) is 37.0 Å². The predicted molar refractivity (Wildman–Crippen MR) is 65.6 cm³/mol. The molecule has 3 fully saturated rings.